The highest BCUT2D eigenvalue weighted by molar-refractivity contribution is 4.94. The van der Waals surface area contributed by atoms with Crippen LogP contribution in [0.2, 0.25) is 0 Å². The summed E-state index contributed by atoms with van der Waals surface area (Å²) < 4.78 is 0. The van der Waals surface area contributed by atoms with Gasteiger partial charge in [0.05, 0.1) is 0 Å². The van der Waals surface area contributed by atoms with Crippen LogP contribution in [0.1, 0.15) is 55.4 Å². The zero-order chi connectivity index (χ0) is 11.1. The van der Waals surface area contributed by atoms with Gasteiger partial charge in [-0.3, -0.25) is 0 Å². The second-order valence-electron chi connectivity index (χ2n) is 7.15. The molecule has 79 valence electrons. The molecule has 0 rings (SSSR count). The van der Waals surface area contributed by atoms with Crippen molar-refractivity contribution in [3.63, 3.8) is 0 Å². The van der Waals surface area contributed by atoms with Crippen LogP contribution < -0.4 is 0 Å². The molecule has 1 radical (unpaired) electrons. The second kappa shape index (κ2) is 3.29. The standard InChI is InChI=1S/C13H27/c1-11(2,3)10(12(4,5)6)13(7,8)9/h10H,1H2,2-9H3. The van der Waals surface area contributed by atoms with E-state index in [1.165, 1.54) is 0 Å². The summed E-state index contributed by atoms with van der Waals surface area (Å²) in [7, 11) is 0. The van der Waals surface area contributed by atoms with E-state index >= 15 is 0 Å². The van der Waals surface area contributed by atoms with Gasteiger partial charge in [0, 0.05) is 0 Å². The van der Waals surface area contributed by atoms with Crippen LogP contribution in [-0.4, -0.2) is 0 Å². The minimum Gasteiger partial charge on any atom is -0.0599 e. The van der Waals surface area contributed by atoms with Crippen molar-refractivity contribution in [1.82, 2.24) is 0 Å². The predicted molar refractivity (Wildman–Crippen MR) is 61.5 cm³/mol. The lowest BCUT2D eigenvalue weighted by Gasteiger charge is -2.49. The molecule has 0 aromatic rings. The summed E-state index contributed by atoms with van der Waals surface area (Å²) in [5.41, 5.74) is 0.781. The first-order chi connectivity index (χ1) is 5.37. The van der Waals surface area contributed by atoms with Gasteiger partial charge in [-0.2, -0.15) is 0 Å². The zero-order valence-corrected chi connectivity index (χ0v) is 10.8. The molecule has 0 unspecified atom stereocenters. The van der Waals surface area contributed by atoms with Crippen LogP contribution in [0.3, 0.4) is 0 Å². The topological polar surface area (TPSA) is 0 Å². The molecule has 0 fully saturated rings. The molecule has 0 aromatic carbocycles. The van der Waals surface area contributed by atoms with Crippen LogP contribution >= 0.6 is 0 Å². The number of rotatable bonds is 1. The molecule has 0 N–H and O–H groups in total. The highest BCUT2D eigenvalue weighted by Gasteiger charge is 2.42. The van der Waals surface area contributed by atoms with Crippen molar-refractivity contribution in [2.45, 2.75) is 55.4 Å². The second-order valence-corrected chi connectivity index (χ2v) is 7.15. The first-order valence-electron chi connectivity index (χ1n) is 5.22. The van der Waals surface area contributed by atoms with E-state index in [1.807, 2.05) is 0 Å². The summed E-state index contributed by atoms with van der Waals surface area (Å²) in [6.45, 7) is 22.7. The fourth-order valence-corrected chi connectivity index (χ4v) is 3.64. The molecular weight excluding hydrogens is 156 g/mol. The molecular formula is C13H27. The van der Waals surface area contributed by atoms with Crippen LogP contribution in [0.5, 0.6) is 0 Å². The van der Waals surface area contributed by atoms with Gasteiger partial charge in [0.1, 0.15) is 0 Å². The molecule has 0 aliphatic heterocycles. The van der Waals surface area contributed by atoms with E-state index in [1.54, 1.807) is 0 Å². The molecule has 0 saturated heterocycles. The maximum atomic E-state index is 4.30. The summed E-state index contributed by atoms with van der Waals surface area (Å²) in [5.74, 6) is 0.618. The Morgan fingerprint density at radius 3 is 0.923 bits per heavy atom. The summed E-state index contributed by atoms with van der Waals surface area (Å²) in [6.07, 6.45) is 0. The van der Waals surface area contributed by atoms with E-state index in [9.17, 15) is 0 Å². The third-order valence-electron chi connectivity index (χ3n) is 2.51. The Balaban J connectivity index is 5.02. The lowest BCUT2D eigenvalue weighted by atomic mass is 9.56. The van der Waals surface area contributed by atoms with E-state index in [4.69, 9.17) is 0 Å². The Labute approximate surface area is 85.1 Å². The lowest BCUT2D eigenvalue weighted by Crippen LogP contribution is -2.41. The summed E-state index contributed by atoms with van der Waals surface area (Å²) in [6, 6.07) is 0. The summed E-state index contributed by atoms with van der Waals surface area (Å²) >= 11 is 0. The van der Waals surface area contributed by atoms with Crippen molar-refractivity contribution >= 4 is 0 Å². The molecule has 0 nitrogen and oxygen atoms in total. The average molecular weight is 183 g/mol. The fraction of sp³-hybridized carbons (Fsp3) is 0.923. The van der Waals surface area contributed by atoms with Crippen molar-refractivity contribution in [1.29, 1.82) is 0 Å². The molecule has 13 heavy (non-hydrogen) atoms. The monoisotopic (exact) mass is 183 g/mol. The number of hydrogen-bond acceptors (Lipinski definition) is 0. The van der Waals surface area contributed by atoms with Crippen LogP contribution in [0.4, 0.5) is 0 Å². The van der Waals surface area contributed by atoms with Crippen LogP contribution in [0, 0.1) is 29.1 Å². The van der Waals surface area contributed by atoms with Gasteiger partial charge in [-0.25, -0.2) is 0 Å². The largest absolute Gasteiger partial charge is 0.0599 e. The van der Waals surface area contributed by atoms with E-state index in [-0.39, 0.29) is 5.41 Å². The van der Waals surface area contributed by atoms with Gasteiger partial charge in [-0.1, -0.05) is 55.4 Å². The van der Waals surface area contributed by atoms with Crippen molar-refractivity contribution in [3.8, 4) is 0 Å². The molecule has 0 amide bonds. The average Bonchev–Trinajstić information content (AvgIpc) is 1.44. The summed E-state index contributed by atoms with van der Waals surface area (Å²) in [5, 5.41) is 0. The van der Waals surface area contributed by atoms with Gasteiger partial charge >= 0.3 is 0 Å². The van der Waals surface area contributed by atoms with Gasteiger partial charge < -0.3 is 0 Å². The highest BCUT2D eigenvalue weighted by Crippen LogP contribution is 2.49. The predicted octanol–water partition coefficient (Wildman–Crippen LogP) is 4.56. The van der Waals surface area contributed by atoms with Crippen LogP contribution in [-0.2, 0) is 0 Å². The smallest absolute Gasteiger partial charge is 0.0265 e. The molecule has 0 heterocycles. The first-order valence-corrected chi connectivity index (χ1v) is 5.22. The molecule has 0 aromatic heterocycles. The van der Waals surface area contributed by atoms with Crippen molar-refractivity contribution in [3.05, 3.63) is 6.92 Å². The SMILES string of the molecule is [CH2]C(C)(C)C(C(C)(C)C)C(C)(C)C. The Hall–Kier alpha value is 0. The van der Waals surface area contributed by atoms with Gasteiger partial charge in [0.25, 0.3) is 0 Å². The molecule has 0 saturated carbocycles. The van der Waals surface area contributed by atoms with Gasteiger partial charge in [0.2, 0.25) is 0 Å². The van der Waals surface area contributed by atoms with E-state index < -0.39 is 0 Å². The normalized spacial score (nSPS) is 15.2. The first kappa shape index (κ1) is 13.0. The fourth-order valence-electron chi connectivity index (χ4n) is 3.64. The third kappa shape index (κ3) is 3.70. The Morgan fingerprint density at radius 2 is 0.923 bits per heavy atom. The van der Waals surface area contributed by atoms with Crippen molar-refractivity contribution in [2.24, 2.45) is 22.2 Å². The lowest BCUT2D eigenvalue weighted by molar-refractivity contribution is 0.0173. The maximum Gasteiger partial charge on any atom is -0.0265 e. The van der Waals surface area contributed by atoms with Gasteiger partial charge in [0.15, 0.2) is 0 Å². The Kier molecular flexibility index (Phi) is 3.29. The molecule has 0 aliphatic rings. The van der Waals surface area contributed by atoms with Crippen molar-refractivity contribution in [2.75, 3.05) is 0 Å². The van der Waals surface area contributed by atoms with Gasteiger partial charge in [-0.05, 0) is 29.1 Å². The van der Waals surface area contributed by atoms with Crippen LogP contribution in [0.15, 0.2) is 0 Å². The minimum atomic E-state index is 0.135. The Morgan fingerprint density at radius 1 is 0.692 bits per heavy atom. The minimum absolute atomic E-state index is 0.135. The molecule has 0 bridgehead atoms. The number of hydrogen-bond donors (Lipinski definition) is 0. The molecule has 0 atom stereocenters. The molecule has 0 aliphatic carbocycles. The summed E-state index contributed by atoms with van der Waals surface area (Å²) in [4.78, 5) is 0. The third-order valence-corrected chi connectivity index (χ3v) is 2.51. The van der Waals surface area contributed by atoms with E-state index in [0.29, 0.717) is 16.7 Å². The highest BCUT2D eigenvalue weighted by atomic mass is 14.5. The maximum absolute atomic E-state index is 4.30. The molecule has 0 spiro atoms. The quantitative estimate of drug-likeness (QED) is 0.559. The molecule has 0 heteroatoms. The van der Waals surface area contributed by atoms with E-state index in [2.05, 4.69) is 62.3 Å². The van der Waals surface area contributed by atoms with Crippen LogP contribution in [0.25, 0.3) is 0 Å². The van der Waals surface area contributed by atoms with E-state index in [0.717, 1.165) is 0 Å². The Bertz CT molecular complexity index is 123. The van der Waals surface area contributed by atoms with Gasteiger partial charge in [-0.15, -0.1) is 0 Å². The van der Waals surface area contributed by atoms with Crippen molar-refractivity contribution < 1.29 is 0 Å². The zero-order valence-electron chi connectivity index (χ0n) is 10.8.